The molecule has 94 valence electrons. The van der Waals surface area contributed by atoms with Gasteiger partial charge in [0.05, 0.1) is 10.6 Å². The lowest BCUT2D eigenvalue weighted by atomic mass is 10.2. The number of alkyl halides is 1. The number of hydrogen-bond acceptors (Lipinski definition) is 3. The average Bonchev–Trinajstić information content (AvgIpc) is 2.25. The molecular weight excluding hydrogens is 274 g/mol. The highest BCUT2D eigenvalue weighted by Crippen LogP contribution is 2.29. The van der Waals surface area contributed by atoms with Crippen LogP contribution in [0.25, 0.3) is 0 Å². The molecule has 1 rings (SSSR count). The molecule has 0 spiro atoms. The Balaban J connectivity index is 3.13. The normalized spacial score (nSPS) is 12.3. The molecule has 5 nitrogen and oxygen atoms in total. The van der Waals surface area contributed by atoms with Crippen LogP contribution in [0.2, 0.25) is 10.0 Å². The molecule has 1 unspecified atom stereocenters. The minimum absolute atomic E-state index is 0.0105. The van der Waals surface area contributed by atoms with Crippen molar-refractivity contribution in [2.75, 3.05) is 13.2 Å². The van der Waals surface area contributed by atoms with E-state index in [1.807, 2.05) is 0 Å². The third kappa shape index (κ3) is 3.27. The summed E-state index contributed by atoms with van der Waals surface area (Å²) >= 11 is 11.5. The van der Waals surface area contributed by atoms with Crippen LogP contribution in [0.3, 0.4) is 0 Å². The Morgan fingerprint density at radius 1 is 1.53 bits per heavy atom. The molecule has 0 heterocycles. The first-order chi connectivity index (χ1) is 7.99. The second kappa shape index (κ2) is 6.13. The second-order valence-corrected chi connectivity index (χ2v) is 3.82. The van der Waals surface area contributed by atoms with Crippen molar-refractivity contribution in [3.63, 3.8) is 0 Å². The van der Waals surface area contributed by atoms with Gasteiger partial charge in [-0.1, -0.05) is 23.2 Å². The lowest BCUT2D eigenvalue weighted by Gasteiger charge is -2.15. The smallest absolute Gasteiger partial charge is 0.254 e. The molecule has 0 aromatic heterocycles. The van der Waals surface area contributed by atoms with E-state index in [1.54, 1.807) is 0 Å². The van der Waals surface area contributed by atoms with Gasteiger partial charge < -0.3 is 10.5 Å². The number of carbonyl (C=O) groups is 1. The Hall–Kier alpha value is -0.920. The van der Waals surface area contributed by atoms with E-state index in [0.29, 0.717) is 0 Å². The summed E-state index contributed by atoms with van der Waals surface area (Å²) in [7, 11) is 0. The van der Waals surface area contributed by atoms with E-state index in [2.05, 4.69) is 5.32 Å². The maximum atomic E-state index is 11.9. The van der Waals surface area contributed by atoms with E-state index in [1.165, 1.54) is 12.1 Å². The lowest BCUT2D eigenvalue weighted by Crippen LogP contribution is -2.99. The summed E-state index contributed by atoms with van der Waals surface area (Å²) in [4.78, 5) is 11.6. The Kier molecular flexibility index (Phi) is 5.10. The number of quaternary nitrogens is 1. The van der Waals surface area contributed by atoms with E-state index in [-0.39, 0.29) is 27.8 Å². The number of halogens is 3. The van der Waals surface area contributed by atoms with E-state index < -0.39 is 17.8 Å². The lowest BCUT2D eigenvalue weighted by molar-refractivity contribution is -0.991. The van der Waals surface area contributed by atoms with Crippen molar-refractivity contribution in [3.05, 3.63) is 32.9 Å². The molecule has 0 bridgehead atoms. The molecule has 1 amide bonds. The highest BCUT2D eigenvalue weighted by atomic mass is 35.5. The van der Waals surface area contributed by atoms with Crippen molar-refractivity contribution in [1.82, 2.24) is 5.32 Å². The molecule has 3 N–H and O–H groups in total. The molecule has 1 aromatic rings. The van der Waals surface area contributed by atoms with E-state index in [9.17, 15) is 14.4 Å². The van der Waals surface area contributed by atoms with Crippen molar-refractivity contribution < 1.29 is 19.6 Å². The van der Waals surface area contributed by atoms with Crippen molar-refractivity contribution in [1.29, 1.82) is 0 Å². The monoisotopic (exact) mass is 282 g/mol. The van der Waals surface area contributed by atoms with E-state index >= 15 is 0 Å². The van der Waals surface area contributed by atoms with E-state index in [0.717, 1.165) is 0 Å². The predicted octanol–water partition coefficient (Wildman–Crippen LogP) is 1.10. The molecule has 17 heavy (non-hydrogen) atoms. The zero-order chi connectivity index (χ0) is 13.0. The summed E-state index contributed by atoms with van der Waals surface area (Å²) in [6, 6.07) is 2.44. The van der Waals surface area contributed by atoms with Gasteiger partial charge in [-0.15, -0.1) is 0 Å². The Bertz CT molecular complexity index is 429. The first-order valence-corrected chi connectivity index (χ1v) is 5.30. The first kappa shape index (κ1) is 14.1. The number of benzene rings is 1. The summed E-state index contributed by atoms with van der Waals surface area (Å²) in [6.07, 6.45) is 0. The molecule has 0 aliphatic rings. The Labute approximate surface area is 106 Å². The fourth-order valence-corrected chi connectivity index (χ4v) is 1.80. The van der Waals surface area contributed by atoms with Crippen LogP contribution in [0.5, 0.6) is 0 Å². The van der Waals surface area contributed by atoms with Gasteiger partial charge in [0.25, 0.3) is 5.91 Å². The maximum Gasteiger partial charge on any atom is 0.254 e. The van der Waals surface area contributed by atoms with Gasteiger partial charge in [-0.25, -0.2) is 9.60 Å². The molecule has 0 saturated carbocycles. The third-order valence-electron chi connectivity index (χ3n) is 1.93. The number of amides is 1. The molecule has 1 aromatic carbocycles. The van der Waals surface area contributed by atoms with Crippen LogP contribution in [0.4, 0.5) is 10.1 Å². The predicted molar refractivity (Wildman–Crippen MR) is 60.5 cm³/mol. The van der Waals surface area contributed by atoms with Gasteiger partial charge in [0.15, 0.2) is 5.69 Å². The van der Waals surface area contributed by atoms with Crippen LogP contribution >= 0.6 is 23.2 Å². The quantitative estimate of drug-likeness (QED) is 0.724. The highest BCUT2D eigenvalue weighted by molar-refractivity contribution is 6.40. The van der Waals surface area contributed by atoms with Gasteiger partial charge in [-0.3, -0.25) is 4.79 Å². The van der Waals surface area contributed by atoms with Crippen molar-refractivity contribution in [2.24, 2.45) is 0 Å². The van der Waals surface area contributed by atoms with Gasteiger partial charge in [0.2, 0.25) is 0 Å². The summed E-state index contributed by atoms with van der Waals surface area (Å²) in [5, 5.41) is 20.3. The largest absolute Gasteiger partial charge is 0.595 e. The van der Waals surface area contributed by atoms with Crippen LogP contribution in [0.15, 0.2) is 12.1 Å². The maximum absolute atomic E-state index is 11.9. The fraction of sp³-hybridized carbons (Fsp3) is 0.222. The van der Waals surface area contributed by atoms with E-state index in [4.69, 9.17) is 28.4 Å². The molecule has 0 aliphatic carbocycles. The van der Waals surface area contributed by atoms with Gasteiger partial charge in [-0.2, -0.15) is 5.23 Å². The van der Waals surface area contributed by atoms with Crippen LogP contribution in [0, 0.1) is 5.21 Å². The Morgan fingerprint density at radius 2 is 2.18 bits per heavy atom. The third-order valence-corrected chi connectivity index (χ3v) is 2.64. The molecule has 8 heteroatoms. The van der Waals surface area contributed by atoms with Gasteiger partial charge in [0, 0.05) is 12.6 Å². The summed E-state index contributed by atoms with van der Waals surface area (Å²) in [6.45, 7) is -0.928. The Morgan fingerprint density at radius 3 is 2.71 bits per heavy atom. The van der Waals surface area contributed by atoms with Crippen molar-refractivity contribution in [2.45, 2.75) is 0 Å². The summed E-state index contributed by atoms with van der Waals surface area (Å²) in [5.41, 5.74) is -0.400. The van der Waals surface area contributed by atoms with Crippen LogP contribution in [-0.2, 0) is 0 Å². The highest BCUT2D eigenvalue weighted by Gasteiger charge is 2.20. The summed E-state index contributed by atoms with van der Waals surface area (Å²) in [5.74, 6) is -0.708. The first-order valence-electron chi connectivity index (χ1n) is 4.54. The van der Waals surface area contributed by atoms with Crippen molar-refractivity contribution >= 4 is 34.8 Å². The SMILES string of the molecule is O=C(NCCF)c1c(Cl)ccc([NH+]([O-])O)c1Cl. The second-order valence-electron chi connectivity index (χ2n) is 3.03. The molecule has 0 fully saturated rings. The van der Waals surface area contributed by atoms with Crippen molar-refractivity contribution in [3.8, 4) is 0 Å². The zero-order valence-electron chi connectivity index (χ0n) is 8.47. The van der Waals surface area contributed by atoms with Gasteiger partial charge >= 0.3 is 0 Å². The fourth-order valence-electron chi connectivity index (χ4n) is 1.17. The van der Waals surface area contributed by atoms with Crippen LogP contribution in [-0.4, -0.2) is 24.3 Å². The molecule has 0 aliphatic heterocycles. The molecule has 0 saturated heterocycles. The van der Waals surface area contributed by atoms with Crippen LogP contribution in [0.1, 0.15) is 10.4 Å². The molecule has 1 atom stereocenters. The number of carbonyl (C=O) groups excluding carboxylic acids is 1. The molecule has 0 radical (unpaired) electrons. The summed E-state index contributed by atoms with van der Waals surface area (Å²) < 4.78 is 11.9. The minimum atomic E-state index is -1.27. The standard InChI is InChI=1S/C9H9Cl2FN2O3/c10-5-1-2-6(14(16)17)8(11)7(5)9(15)13-4-3-12/h1-2,14,16H,3-4H2,(H,13,15). The van der Waals surface area contributed by atoms with Gasteiger partial charge in [0.1, 0.15) is 11.7 Å². The number of nitrogens with one attached hydrogen (secondary N) is 2. The van der Waals surface area contributed by atoms with Gasteiger partial charge in [-0.05, 0) is 6.07 Å². The average molecular weight is 283 g/mol. The molecular formula is C9H9Cl2FN2O3. The number of hydrogen-bond donors (Lipinski definition) is 3. The zero-order valence-corrected chi connectivity index (χ0v) is 9.98. The minimum Gasteiger partial charge on any atom is -0.595 e. The topological polar surface area (TPSA) is 76.8 Å². The number of rotatable bonds is 4. The van der Waals surface area contributed by atoms with Crippen LogP contribution < -0.4 is 10.5 Å².